The van der Waals surface area contributed by atoms with Crippen molar-refractivity contribution < 1.29 is 0 Å². The van der Waals surface area contributed by atoms with Gasteiger partial charge in [0.1, 0.15) is 0 Å². The molecule has 0 radical (unpaired) electrons. The Balaban J connectivity index is 2.44. The molecule has 0 fully saturated rings. The van der Waals surface area contributed by atoms with Gasteiger partial charge in [-0.05, 0) is 65.7 Å². The fourth-order valence-electron chi connectivity index (χ4n) is 2.94. The third-order valence-corrected chi connectivity index (χ3v) is 4.46. The lowest BCUT2D eigenvalue weighted by Crippen LogP contribution is -2.10. The molecular formula is C15H17BrN2. The van der Waals surface area contributed by atoms with Crippen molar-refractivity contribution in [2.75, 3.05) is 12.4 Å². The van der Waals surface area contributed by atoms with Gasteiger partial charge in [-0.3, -0.25) is 4.98 Å². The van der Waals surface area contributed by atoms with Crippen LogP contribution in [0.5, 0.6) is 0 Å². The number of nitrogens with zero attached hydrogens (tertiary/aromatic N) is 1. The summed E-state index contributed by atoms with van der Waals surface area (Å²) in [6.45, 7) is 2.16. The summed E-state index contributed by atoms with van der Waals surface area (Å²) in [6.07, 6.45) is 4.81. The molecular weight excluding hydrogens is 288 g/mol. The van der Waals surface area contributed by atoms with Crippen molar-refractivity contribution in [2.24, 2.45) is 0 Å². The third kappa shape index (κ3) is 1.72. The lowest BCUT2D eigenvalue weighted by Gasteiger charge is -2.21. The lowest BCUT2D eigenvalue weighted by molar-refractivity contribution is 0.672. The fourth-order valence-corrected chi connectivity index (χ4v) is 3.35. The Bertz CT molecular complexity index is 620. The Labute approximate surface area is 116 Å². The minimum absolute atomic E-state index is 1.09. The predicted molar refractivity (Wildman–Crippen MR) is 80.4 cm³/mol. The Morgan fingerprint density at radius 3 is 2.78 bits per heavy atom. The van der Waals surface area contributed by atoms with Crippen molar-refractivity contribution in [3.8, 4) is 0 Å². The van der Waals surface area contributed by atoms with Crippen molar-refractivity contribution in [2.45, 2.75) is 32.6 Å². The quantitative estimate of drug-likeness (QED) is 0.853. The van der Waals surface area contributed by atoms with E-state index in [0.717, 1.165) is 22.8 Å². The van der Waals surface area contributed by atoms with E-state index in [-0.39, 0.29) is 0 Å². The van der Waals surface area contributed by atoms with Crippen molar-refractivity contribution >= 4 is 32.5 Å². The molecule has 1 aromatic heterocycles. The maximum atomic E-state index is 4.90. The first-order valence-electron chi connectivity index (χ1n) is 6.50. The summed E-state index contributed by atoms with van der Waals surface area (Å²) in [5.74, 6) is 0. The number of aromatic nitrogens is 1. The number of rotatable bonds is 1. The van der Waals surface area contributed by atoms with E-state index in [9.17, 15) is 0 Å². The average Bonchev–Trinajstić information content (AvgIpc) is 2.41. The van der Waals surface area contributed by atoms with Gasteiger partial charge in [0.15, 0.2) is 0 Å². The zero-order chi connectivity index (χ0) is 12.7. The van der Waals surface area contributed by atoms with Gasteiger partial charge in [0.2, 0.25) is 0 Å². The SMILES string of the molecule is CNc1c2c(nc3c(Br)ccc(C)c13)CCCC2. The van der Waals surface area contributed by atoms with Crippen LogP contribution in [0.25, 0.3) is 10.9 Å². The predicted octanol–water partition coefficient (Wildman–Crippen LogP) is 4.23. The van der Waals surface area contributed by atoms with Crippen LogP contribution >= 0.6 is 15.9 Å². The summed E-state index contributed by atoms with van der Waals surface area (Å²) < 4.78 is 1.09. The van der Waals surface area contributed by atoms with Crippen LogP contribution in [0.1, 0.15) is 29.7 Å². The zero-order valence-electron chi connectivity index (χ0n) is 10.8. The minimum Gasteiger partial charge on any atom is -0.387 e. The van der Waals surface area contributed by atoms with Crippen LogP contribution in [0.2, 0.25) is 0 Å². The first-order chi connectivity index (χ1) is 8.72. The van der Waals surface area contributed by atoms with Gasteiger partial charge < -0.3 is 5.32 Å². The number of nitrogens with one attached hydrogen (secondary N) is 1. The number of pyridine rings is 1. The first kappa shape index (κ1) is 12.0. The normalized spacial score (nSPS) is 14.6. The molecule has 3 heteroatoms. The molecule has 1 aromatic carbocycles. The fraction of sp³-hybridized carbons (Fsp3) is 0.400. The standard InChI is InChI=1S/C15H17BrN2/c1-9-7-8-11(16)15-13(9)14(17-2)10-5-3-4-6-12(10)18-15/h7-8H,3-6H2,1-2H3,(H,17,18). The maximum absolute atomic E-state index is 4.90. The van der Waals surface area contributed by atoms with Crippen molar-refractivity contribution in [3.63, 3.8) is 0 Å². The summed E-state index contributed by atoms with van der Waals surface area (Å²) in [5.41, 5.74) is 6.38. The molecule has 0 unspecified atom stereocenters. The number of fused-ring (bicyclic) bond motifs is 2. The lowest BCUT2D eigenvalue weighted by atomic mass is 9.92. The van der Waals surface area contributed by atoms with E-state index < -0.39 is 0 Å². The van der Waals surface area contributed by atoms with E-state index in [1.165, 1.54) is 40.7 Å². The number of anilines is 1. The van der Waals surface area contributed by atoms with Gasteiger partial charge in [-0.15, -0.1) is 0 Å². The van der Waals surface area contributed by atoms with Gasteiger partial charge in [0.05, 0.1) is 5.52 Å². The number of hydrogen-bond donors (Lipinski definition) is 1. The second kappa shape index (κ2) is 4.54. The van der Waals surface area contributed by atoms with Gasteiger partial charge in [-0.25, -0.2) is 0 Å². The molecule has 1 aliphatic rings. The molecule has 1 heterocycles. The summed E-state index contributed by atoms with van der Waals surface area (Å²) in [7, 11) is 2.02. The molecule has 18 heavy (non-hydrogen) atoms. The second-order valence-electron chi connectivity index (χ2n) is 4.96. The molecule has 0 saturated heterocycles. The number of benzene rings is 1. The van der Waals surface area contributed by atoms with Gasteiger partial charge in [-0.2, -0.15) is 0 Å². The smallest absolute Gasteiger partial charge is 0.0870 e. The van der Waals surface area contributed by atoms with E-state index in [4.69, 9.17) is 4.98 Å². The van der Waals surface area contributed by atoms with Crippen molar-refractivity contribution in [1.82, 2.24) is 4.98 Å². The Hall–Kier alpha value is -1.09. The topological polar surface area (TPSA) is 24.9 Å². The highest BCUT2D eigenvalue weighted by atomic mass is 79.9. The van der Waals surface area contributed by atoms with E-state index in [0.29, 0.717) is 0 Å². The molecule has 0 amide bonds. The first-order valence-corrected chi connectivity index (χ1v) is 7.30. The van der Waals surface area contributed by atoms with Crippen LogP contribution in [0.15, 0.2) is 16.6 Å². The van der Waals surface area contributed by atoms with Crippen LogP contribution < -0.4 is 5.32 Å². The Morgan fingerprint density at radius 2 is 2.00 bits per heavy atom. The van der Waals surface area contributed by atoms with Gasteiger partial charge in [0.25, 0.3) is 0 Å². The molecule has 0 saturated carbocycles. The van der Waals surface area contributed by atoms with E-state index in [2.05, 4.69) is 40.3 Å². The van der Waals surface area contributed by atoms with Crippen LogP contribution in [-0.4, -0.2) is 12.0 Å². The molecule has 1 aliphatic carbocycles. The molecule has 2 aromatic rings. The molecule has 3 rings (SSSR count). The third-order valence-electron chi connectivity index (χ3n) is 3.82. The van der Waals surface area contributed by atoms with Crippen LogP contribution in [0, 0.1) is 6.92 Å². The van der Waals surface area contributed by atoms with Crippen molar-refractivity contribution in [3.05, 3.63) is 33.4 Å². The van der Waals surface area contributed by atoms with E-state index >= 15 is 0 Å². The minimum atomic E-state index is 1.09. The molecule has 1 N–H and O–H groups in total. The molecule has 2 nitrogen and oxygen atoms in total. The van der Waals surface area contributed by atoms with Crippen LogP contribution in [-0.2, 0) is 12.8 Å². The van der Waals surface area contributed by atoms with E-state index in [1.807, 2.05) is 7.05 Å². The number of halogens is 1. The molecule has 0 atom stereocenters. The summed E-state index contributed by atoms with van der Waals surface area (Å²) >= 11 is 3.63. The molecule has 94 valence electrons. The number of hydrogen-bond acceptors (Lipinski definition) is 2. The largest absolute Gasteiger partial charge is 0.387 e. The highest BCUT2D eigenvalue weighted by Crippen LogP contribution is 2.37. The van der Waals surface area contributed by atoms with Gasteiger partial charge in [0, 0.05) is 28.3 Å². The molecule has 0 bridgehead atoms. The monoisotopic (exact) mass is 304 g/mol. The Morgan fingerprint density at radius 1 is 1.22 bits per heavy atom. The Kier molecular flexibility index (Phi) is 3.02. The summed E-state index contributed by atoms with van der Waals surface area (Å²) in [5, 5.41) is 4.68. The zero-order valence-corrected chi connectivity index (χ0v) is 12.4. The average molecular weight is 305 g/mol. The highest BCUT2D eigenvalue weighted by molar-refractivity contribution is 9.10. The highest BCUT2D eigenvalue weighted by Gasteiger charge is 2.19. The summed E-state index contributed by atoms with van der Waals surface area (Å²) in [4.78, 5) is 4.90. The van der Waals surface area contributed by atoms with Crippen LogP contribution in [0.3, 0.4) is 0 Å². The maximum Gasteiger partial charge on any atom is 0.0870 e. The van der Waals surface area contributed by atoms with E-state index in [1.54, 1.807) is 0 Å². The van der Waals surface area contributed by atoms with Gasteiger partial charge >= 0.3 is 0 Å². The molecule has 0 spiro atoms. The summed E-state index contributed by atoms with van der Waals surface area (Å²) in [6, 6.07) is 4.25. The van der Waals surface area contributed by atoms with Gasteiger partial charge in [-0.1, -0.05) is 6.07 Å². The second-order valence-corrected chi connectivity index (χ2v) is 5.81. The van der Waals surface area contributed by atoms with Crippen LogP contribution in [0.4, 0.5) is 5.69 Å². The number of aryl methyl sites for hydroxylation is 2. The van der Waals surface area contributed by atoms with Crippen molar-refractivity contribution in [1.29, 1.82) is 0 Å². The molecule has 0 aliphatic heterocycles.